The lowest BCUT2D eigenvalue weighted by molar-refractivity contribution is -0.113. The van der Waals surface area contributed by atoms with Gasteiger partial charge in [-0.05, 0) is 55.5 Å². The summed E-state index contributed by atoms with van der Waals surface area (Å²) in [5.74, 6) is 1.88. The first-order chi connectivity index (χ1) is 12.2. The van der Waals surface area contributed by atoms with Gasteiger partial charge in [-0.25, -0.2) is 0 Å². The number of amides is 1. The highest BCUT2D eigenvalue weighted by molar-refractivity contribution is 8.00. The van der Waals surface area contributed by atoms with Gasteiger partial charge in [0.05, 0.1) is 5.75 Å². The number of rotatable bonds is 6. The van der Waals surface area contributed by atoms with Crippen LogP contribution in [0.15, 0.2) is 83.8 Å². The van der Waals surface area contributed by atoms with Crippen LogP contribution in [-0.2, 0) is 4.79 Å². The molecule has 3 rings (SSSR count). The van der Waals surface area contributed by atoms with Gasteiger partial charge >= 0.3 is 0 Å². The normalized spacial score (nSPS) is 10.3. The number of carbonyl (C=O) groups excluding carboxylic acids is 1. The Balaban J connectivity index is 1.51. The van der Waals surface area contributed by atoms with Crippen molar-refractivity contribution >= 4 is 23.4 Å². The number of hydrogen-bond acceptors (Lipinski definition) is 3. The Bertz CT molecular complexity index is 815. The van der Waals surface area contributed by atoms with Gasteiger partial charge in [0.1, 0.15) is 11.5 Å². The largest absolute Gasteiger partial charge is 0.457 e. The SMILES string of the molecule is Cc1ccc(Oc2ccc(NC(=O)CSc3ccccc3)cc2)cc1. The van der Waals surface area contributed by atoms with Crippen LogP contribution in [0.1, 0.15) is 5.56 Å². The molecule has 0 heterocycles. The number of ether oxygens (including phenoxy) is 1. The fourth-order valence-corrected chi connectivity index (χ4v) is 2.93. The highest BCUT2D eigenvalue weighted by Gasteiger charge is 2.04. The summed E-state index contributed by atoms with van der Waals surface area (Å²) in [7, 11) is 0. The molecule has 3 nitrogen and oxygen atoms in total. The minimum atomic E-state index is -0.0268. The molecule has 1 N–H and O–H groups in total. The zero-order valence-corrected chi connectivity index (χ0v) is 14.8. The van der Waals surface area contributed by atoms with Gasteiger partial charge in [0.15, 0.2) is 0 Å². The van der Waals surface area contributed by atoms with E-state index in [4.69, 9.17) is 4.74 Å². The molecule has 0 saturated heterocycles. The Kier molecular flexibility index (Phi) is 5.75. The van der Waals surface area contributed by atoms with E-state index in [9.17, 15) is 4.79 Å². The van der Waals surface area contributed by atoms with Crippen LogP contribution in [-0.4, -0.2) is 11.7 Å². The third-order valence-electron chi connectivity index (χ3n) is 3.51. The van der Waals surface area contributed by atoms with E-state index < -0.39 is 0 Å². The Morgan fingerprint density at radius 2 is 1.48 bits per heavy atom. The summed E-state index contributed by atoms with van der Waals surface area (Å²) in [6.07, 6.45) is 0. The number of thioether (sulfide) groups is 1. The van der Waals surface area contributed by atoms with Crippen molar-refractivity contribution in [1.29, 1.82) is 0 Å². The highest BCUT2D eigenvalue weighted by atomic mass is 32.2. The fraction of sp³-hybridized carbons (Fsp3) is 0.0952. The minimum Gasteiger partial charge on any atom is -0.457 e. The molecule has 126 valence electrons. The third kappa shape index (κ3) is 5.40. The van der Waals surface area contributed by atoms with E-state index in [0.717, 1.165) is 22.1 Å². The van der Waals surface area contributed by atoms with Gasteiger partial charge in [-0.3, -0.25) is 4.79 Å². The van der Waals surface area contributed by atoms with E-state index >= 15 is 0 Å². The summed E-state index contributed by atoms with van der Waals surface area (Å²) in [5, 5.41) is 2.90. The van der Waals surface area contributed by atoms with Crippen LogP contribution in [0, 0.1) is 6.92 Å². The maximum Gasteiger partial charge on any atom is 0.234 e. The Morgan fingerprint density at radius 1 is 0.880 bits per heavy atom. The number of hydrogen-bond donors (Lipinski definition) is 1. The Hall–Kier alpha value is -2.72. The van der Waals surface area contributed by atoms with Crippen molar-refractivity contribution in [3.63, 3.8) is 0 Å². The van der Waals surface area contributed by atoms with Gasteiger partial charge in [0.25, 0.3) is 0 Å². The standard InChI is InChI=1S/C21H19NO2S/c1-16-7-11-18(12-8-16)24-19-13-9-17(10-14-19)22-21(23)15-25-20-5-3-2-4-6-20/h2-14H,15H2,1H3,(H,22,23). The zero-order valence-electron chi connectivity index (χ0n) is 13.9. The molecule has 0 fully saturated rings. The van der Waals surface area contributed by atoms with Crippen LogP contribution in [0.4, 0.5) is 5.69 Å². The molecule has 4 heteroatoms. The predicted octanol–water partition coefficient (Wildman–Crippen LogP) is 5.52. The maximum absolute atomic E-state index is 12.0. The molecule has 25 heavy (non-hydrogen) atoms. The first kappa shape index (κ1) is 17.1. The molecule has 0 bridgehead atoms. The van der Waals surface area contributed by atoms with E-state index in [1.165, 1.54) is 17.3 Å². The van der Waals surface area contributed by atoms with Crippen LogP contribution in [0.3, 0.4) is 0 Å². The number of nitrogens with one attached hydrogen (secondary N) is 1. The lowest BCUT2D eigenvalue weighted by atomic mass is 10.2. The quantitative estimate of drug-likeness (QED) is 0.596. The molecule has 3 aromatic rings. The highest BCUT2D eigenvalue weighted by Crippen LogP contribution is 2.23. The monoisotopic (exact) mass is 349 g/mol. The molecule has 1 amide bonds. The molecular weight excluding hydrogens is 330 g/mol. The van der Waals surface area contributed by atoms with Crippen molar-refractivity contribution in [3.8, 4) is 11.5 Å². The molecule has 0 atom stereocenters. The van der Waals surface area contributed by atoms with E-state index in [2.05, 4.69) is 5.32 Å². The summed E-state index contributed by atoms with van der Waals surface area (Å²) in [4.78, 5) is 13.1. The van der Waals surface area contributed by atoms with Crippen LogP contribution in [0.5, 0.6) is 11.5 Å². The second kappa shape index (κ2) is 8.40. The van der Waals surface area contributed by atoms with Gasteiger partial charge in [0, 0.05) is 10.6 Å². The number of carbonyl (C=O) groups is 1. The zero-order chi connectivity index (χ0) is 17.5. The summed E-state index contributed by atoms with van der Waals surface area (Å²) in [5.41, 5.74) is 1.95. The van der Waals surface area contributed by atoms with Crippen molar-refractivity contribution in [3.05, 3.63) is 84.4 Å². The topological polar surface area (TPSA) is 38.3 Å². The summed E-state index contributed by atoms with van der Waals surface area (Å²) in [6.45, 7) is 2.04. The number of anilines is 1. The van der Waals surface area contributed by atoms with E-state index in [1.54, 1.807) is 0 Å². The molecule has 0 aliphatic carbocycles. The predicted molar refractivity (Wildman–Crippen MR) is 103 cm³/mol. The van der Waals surface area contributed by atoms with Crippen LogP contribution < -0.4 is 10.1 Å². The molecular formula is C21H19NO2S. The molecule has 3 aromatic carbocycles. The van der Waals surface area contributed by atoms with Crippen LogP contribution >= 0.6 is 11.8 Å². The molecule has 0 aromatic heterocycles. The number of benzene rings is 3. The average Bonchev–Trinajstić information content (AvgIpc) is 2.64. The third-order valence-corrected chi connectivity index (χ3v) is 4.52. The minimum absolute atomic E-state index is 0.0268. The maximum atomic E-state index is 12.0. The second-order valence-electron chi connectivity index (χ2n) is 5.59. The molecule has 0 spiro atoms. The molecule has 0 radical (unpaired) electrons. The lowest BCUT2D eigenvalue weighted by Crippen LogP contribution is -2.13. The first-order valence-corrected chi connectivity index (χ1v) is 9.00. The van der Waals surface area contributed by atoms with Gasteiger partial charge in [-0.1, -0.05) is 35.9 Å². The Morgan fingerprint density at radius 3 is 2.12 bits per heavy atom. The second-order valence-corrected chi connectivity index (χ2v) is 6.64. The van der Waals surface area contributed by atoms with Crippen molar-refractivity contribution in [2.45, 2.75) is 11.8 Å². The van der Waals surface area contributed by atoms with Crippen LogP contribution in [0.25, 0.3) is 0 Å². The molecule has 0 unspecified atom stereocenters. The summed E-state index contributed by atoms with van der Waals surface area (Å²) in [6, 6.07) is 25.2. The van der Waals surface area contributed by atoms with Gasteiger partial charge in [-0.15, -0.1) is 11.8 Å². The average molecular weight is 349 g/mol. The summed E-state index contributed by atoms with van der Waals surface area (Å²) < 4.78 is 5.78. The van der Waals surface area contributed by atoms with Crippen molar-refractivity contribution in [2.75, 3.05) is 11.1 Å². The molecule has 0 saturated carbocycles. The van der Waals surface area contributed by atoms with Crippen molar-refractivity contribution < 1.29 is 9.53 Å². The molecule has 0 aliphatic heterocycles. The van der Waals surface area contributed by atoms with Crippen molar-refractivity contribution in [2.24, 2.45) is 0 Å². The first-order valence-electron chi connectivity index (χ1n) is 8.01. The number of aryl methyl sites for hydroxylation is 1. The Labute approximate surface area is 152 Å². The molecule has 0 aliphatic rings. The van der Waals surface area contributed by atoms with E-state index in [1.807, 2.05) is 85.8 Å². The summed E-state index contributed by atoms with van der Waals surface area (Å²) >= 11 is 1.52. The van der Waals surface area contributed by atoms with E-state index in [0.29, 0.717) is 5.75 Å². The van der Waals surface area contributed by atoms with Gasteiger partial charge in [-0.2, -0.15) is 0 Å². The van der Waals surface area contributed by atoms with Gasteiger partial charge < -0.3 is 10.1 Å². The van der Waals surface area contributed by atoms with Crippen LogP contribution in [0.2, 0.25) is 0 Å². The van der Waals surface area contributed by atoms with E-state index in [-0.39, 0.29) is 5.91 Å². The smallest absolute Gasteiger partial charge is 0.234 e. The van der Waals surface area contributed by atoms with Crippen molar-refractivity contribution in [1.82, 2.24) is 0 Å². The van der Waals surface area contributed by atoms with Gasteiger partial charge in [0.2, 0.25) is 5.91 Å². The lowest BCUT2D eigenvalue weighted by Gasteiger charge is -2.08. The fourth-order valence-electron chi connectivity index (χ4n) is 2.21.